The molecular weight excluding hydrogens is 260 g/mol. The molecule has 8 heteroatoms. The molecular formula is C9H16N4O2S2. The first-order valence-corrected chi connectivity index (χ1v) is 6.89. The lowest BCUT2D eigenvalue weighted by Crippen LogP contribution is -2.42. The first kappa shape index (κ1) is 14.1. The van der Waals surface area contributed by atoms with Crippen molar-refractivity contribution in [2.75, 3.05) is 6.54 Å². The SMILES string of the molecule is CC(C)N(CC(N)=S)S(=O)(=O)c1ccnn1C. The molecule has 0 aliphatic carbocycles. The Morgan fingerprint density at radius 3 is 2.59 bits per heavy atom. The van der Waals surface area contributed by atoms with E-state index in [1.165, 1.54) is 21.3 Å². The Bertz CT molecular complexity index is 507. The third-order valence-electron chi connectivity index (χ3n) is 2.24. The number of hydrogen-bond acceptors (Lipinski definition) is 4. The van der Waals surface area contributed by atoms with Gasteiger partial charge in [0.2, 0.25) is 0 Å². The zero-order valence-electron chi connectivity index (χ0n) is 9.99. The van der Waals surface area contributed by atoms with E-state index in [2.05, 4.69) is 5.10 Å². The molecule has 6 nitrogen and oxygen atoms in total. The third-order valence-corrected chi connectivity index (χ3v) is 4.46. The fourth-order valence-electron chi connectivity index (χ4n) is 1.43. The monoisotopic (exact) mass is 276 g/mol. The molecule has 2 N–H and O–H groups in total. The van der Waals surface area contributed by atoms with E-state index < -0.39 is 10.0 Å². The van der Waals surface area contributed by atoms with Crippen LogP contribution in [-0.2, 0) is 17.1 Å². The highest BCUT2D eigenvalue weighted by Crippen LogP contribution is 2.16. The largest absolute Gasteiger partial charge is 0.392 e. The maximum Gasteiger partial charge on any atom is 0.260 e. The first-order chi connectivity index (χ1) is 7.76. The van der Waals surface area contributed by atoms with Crippen molar-refractivity contribution in [3.05, 3.63) is 12.3 Å². The predicted octanol–water partition coefficient (Wildman–Crippen LogP) is 0.105. The molecule has 0 atom stereocenters. The molecule has 0 aromatic carbocycles. The Kier molecular flexibility index (Phi) is 4.23. The summed E-state index contributed by atoms with van der Waals surface area (Å²) in [7, 11) is -2.04. The van der Waals surface area contributed by atoms with Crippen molar-refractivity contribution in [2.24, 2.45) is 12.8 Å². The van der Waals surface area contributed by atoms with Crippen LogP contribution in [0.1, 0.15) is 13.8 Å². The number of aromatic nitrogens is 2. The highest BCUT2D eigenvalue weighted by atomic mass is 32.2. The molecule has 1 aromatic rings. The van der Waals surface area contributed by atoms with Crippen molar-refractivity contribution < 1.29 is 8.42 Å². The van der Waals surface area contributed by atoms with Crippen LogP contribution in [0, 0.1) is 0 Å². The molecule has 0 aliphatic rings. The fraction of sp³-hybridized carbons (Fsp3) is 0.556. The minimum atomic E-state index is -3.62. The summed E-state index contributed by atoms with van der Waals surface area (Å²) in [5, 5.41) is 3.98. The molecule has 0 bridgehead atoms. The van der Waals surface area contributed by atoms with Crippen LogP contribution in [-0.4, -0.2) is 40.1 Å². The number of sulfonamides is 1. The Labute approximate surface area is 106 Å². The molecule has 0 spiro atoms. The second-order valence-electron chi connectivity index (χ2n) is 3.90. The number of thiocarbonyl (C=S) groups is 1. The summed E-state index contributed by atoms with van der Waals surface area (Å²) in [6, 6.07) is 1.22. The van der Waals surface area contributed by atoms with E-state index in [9.17, 15) is 8.42 Å². The summed E-state index contributed by atoms with van der Waals surface area (Å²) >= 11 is 4.77. The first-order valence-electron chi connectivity index (χ1n) is 5.05. The van der Waals surface area contributed by atoms with Crippen LogP contribution in [0.25, 0.3) is 0 Å². The van der Waals surface area contributed by atoms with Gasteiger partial charge in [-0.25, -0.2) is 8.42 Å². The van der Waals surface area contributed by atoms with Crippen molar-refractivity contribution in [2.45, 2.75) is 24.9 Å². The lowest BCUT2D eigenvalue weighted by atomic mass is 10.4. The van der Waals surface area contributed by atoms with Gasteiger partial charge in [-0.2, -0.15) is 9.40 Å². The average Bonchev–Trinajstić information content (AvgIpc) is 2.60. The second kappa shape index (κ2) is 5.11. The number of nitrogens with two attached hydrogens (primary N) is 1. The molecule has 0 radical (unpaired) electrons. The van der Waals surface area contributed by atoms with Gasteiger partial charge in [0.15, 0.2) is 5.03 Å². The van der Waals surface area contributed by atoms with Crippen molar-refractivity contribution >= 4 is 27.2 Å². The van der Waals surface area contributed by atoms with E-state index in [4.69, 9.17) is 18.0 Å². The van der Waals surface area contributed by atoms with Gasteiger partial charge in [0.05, 0.1) is 17.7 Å². The number of hydrogen-bond donors (Lipinski definition) is 1. The number of nitrogens with zero attached hydrogens (tertiary/aromatic N) is 3. The van der Waals surface area contributed by atoms with Gasteiger partial charge < -0.3 is 5.73 Å². The summed E-state index contributed by atoms with van der Waals surface area (Å²) in [6.07, 6.45) is 1.44. The van der Waals surface area contributed by atoms with Gasteiger partial charge in [0.25, 0.3) is 10.0 Å². The highest BCUT2D eigenvalue weighted by molar-refractivity contribution is 7.89. The van der Waals surface area contributed by atoms with Crippen molar-refractivity contribution in [3.63, 3.8) is 0 Å². The van der Waals surface area contributed by atoms with Crippen LogP contribution in [0.4, 0.5) is 0 Å². The van der Waals surface area contributed by atoms with Gasteiger partial charge in [-0.05, 0) is 19.9 Å². The van der Waals surface area contributed by atoms with E-state index in [-0.39, 0.29) is 22.6 Å². The van der Waals surface area contributed by atoms with E-state index in [0.717, 1.165) is 0 Å². The smallest absolute Gasteiger partial charge is 0.260 e. The van der Waals surface area contributed by atoms with Crippen LogP contribution in [0.2, 0.25) is 0 Å². The predicted molar refractivity (Wildman–Crippen MR) is 69.0 cm³/mol. The molecule has 1 heterocycles. The number of aryl methyl sites for hydroxylation is 1. The summed E-state index contributed by atoms with van der Waals surface area (Å²) in [5.41, 5.74) is 5.42. The fourth-order valence-corrected chi connectivity index (χ4v) is 3.37. The van der Waals surface area contributed by atoms with Gasteiger partial charge in [-0.15, -0.1) is 0 Å². The van der Waals surface area contributed by atoms with E-state index >= 15 is 0 Å². The normalized spacial score (nSPS) is 12.3. The molecule has 0 amide bonds. The topological polar surface area (TPSA) is 81.2 Å². The molecule has 0 saturated carbocycles. The number of rotatable bonds is 5. The molecule has 96 valence electrons. The van der Waals surface area contributed by atoms with Crippen LogP contribution < -0.4 is 5.73 Å². The molecule has 0 fully saturated rings. The van der Waals surface area contributed by atoms with Crippen LogP contribution in [0.15, 0.2) is 17.3 Å². The quantitative estimate of drug-likeness (QED) is 0.772. The Morgan fingerprint density at radius 2 is 2.24 bits per heavy atom. The van der Waals surface area contributed by atoms with E-state index in [1.807, 2.05) is 0 Å². The molecule has 0 saturated heterocycles. The van der Waals surface area contributed by atoms with Gasteiger partial charge >= 0.3 is 0 Å². The minimum Gasteiger partial charge on any atom is -0.392 e. The second-order valence-corrected chi connectivity index (χ2v) is 6.27. The Hall–Kier alpha value is -0.990. The van der Waals surface area contributed by atoms with Crippen LogP contribution in [0.3, 0.4) is 0 Å². The average molecular weight is 276 g/mol. The van der Waals surface area contributed by atoms with Gasteiger partial charge in [0.1, 0.15) is 0 Å². The zero-order valence-corrected chi connectivity index (χ0v) is 11.6. The summed E-state index contributed by atoms with van der Waals surface area (Å²) in [4.78, 5) is 0.143. The molecule has 17 heavy (non-hydrogen) atoms. The lowest BCUT2D eigenvalue weighted by molar-refractivity contribution is 0.386. The molecule has 0 unspecified atom stereocenters. The van der Waals surface area contributed by atoms with Gasteiger partial charge in [0, 0.05) is 13.1 Å². The van der Waals surface area contributed by atoms with Crippen molar-refractivity contribution in [3.8, 4) is 0 Å². The van der Waals surface area contributed by atoms with Gasteiger partial charge in [-0.1, -0.05) is 12.2 Å². The molecule has 1 rings (SSSR count). The van der Waals surface area contributed by atoms with Crippen molar-refractivity contribution in [1.29, 1.82) is 0 Å². The van der Waals surface area contributed by atoms with Gasteiger partial charge in [-0.3, -0.25) is 4.68 Å². The Morgan fingerprint density at radius 1 is 1.65 bits per heavy atom. The Balaban J connectivity index is 3.18. The summed E-state index contributed by atoms with van der Waals surface area (Å²) in [6.45, 7) is 3.57. The van der Waals surface area contributed by atoms with E-state index in [1.54, 1.807) is 20.9 Å². The maximum atomic E-state index is 12.3. The lowest BCUT2D eigenvalue weighted by Gasteiger charge is -2.25. The van der Waals surface area contributed by atoms with E-state index in [0.29, 0.717) is 0 Å². The summed E-state index contributed by atoms with van der Waals surface area (Å²) in [5.74, 6) is 0. The van der Waals surface area contributed by atoms with Crippen LogP contribution in [0.5, 0.6) is 0 Å². The molecule has 0 aliphatic heterocycles. The molecule has 1 aromatic heterocycles. The highest BCUT2D eigenvalue weighted by Gasteiger charge is 2.29. The standard InChI is InChI=1S/C9H16N4O2S2/c1-7(2)13(6-8(10)16)17(14,15)9-4-5-11-12(9)3/h4-5,7H,6H2,1-3H3,(H2,10,16). The minimum absolute atomic E-state index is 0.0283. The van der Waals surface area contributed by atoms with Crippen molar-refractivity contribution in [1.82, 2.24) is 14.1 Å². The zero-order chi connectivity index (χ0) is 13.2. The summed E-state index contributed by atoms with van der Waals surface area (Å²) < 4.78 is 27.2. The third kappa shape index (κ3) is 3.02. The maximum absolute atomic E-state index is 12.3. The van der Waals surface area contributed by atoms with Crippen LogP contribution >= 0.6 is 12.2 Å².